The van der Waals surface area contributed by atoms with E-state index in [4.69, 9.17) is 22.1 Å². The van der Waals surface area contributed by atoms with Gasteiger partial charge in [0.05, 0.1) is 17.3 Å². The average Bonchev–Trinajstić information content (AvgIpc) is 2.68. The van der Waals surface area contributed by atoms with Gasteiger partial charge in [0, 0.05) is 17.0 Å². The van der Waals surface area contributed by atoms with E-state index in [1.54, 1.807) is 38.1 Å². The van der Waals surface area contributed by atoms with E-state index in [9.17, 15) is 9.18 Å². The first-order chi connectivity index (χ1) is 13.8. The van der Waals surface area contributed by atoms with Crippen molar-refractivity contribution in [2.75, 3.05) is 11.1 Å². The van der Waals surface area contributed by atoms with Gasteiger partial charge in [0.2, 0.25) is 11.8 Å². The van der Waals surface area contributed by atoms with Crippen LogP contribution in [0.2, 0.25) is 5.15 Å². The van der Waals surface area contributed by atoms with E-state index in [1.165, 1.54) is 18.6 Å². The second-order valence-corrected chi connectivity index (χ2v) is 7.61. The van der Waals surface area contributed by atoms with Crippen LogP contribution in [0.3, 0.4) is 0 Å². The summed E-state index contributed by atoms with van der Waals surface area (Å²) in [7, 11) is 0. The van der Waals surface area contributed by atoms with Gasteiger partial charge in [-0.1, -0.05) is 37.6 Å². The molecule has 3 heterocycles. The van der Waals surface area contributed by atoms with Crippen molar-refractivity contribution in [3.8, 4) is 11.6 Å². The van der Waals surface area contributed by atoms with Gasteiger partial charge in [-0.15, -0.1) is 0 Å². The number of hydrogen-bond donors (Lipinski definition) is 2. The molecule has 9 heteroatoms. The number of nitrogens with zero attached hydrogens (tertiary/aromatic N) is 3. The molecule has 29 heavy (non-hydrogen) atoms. The number of ether oxygens (including phenoxy) is 1. The minimum atomic E-state index is -1.05. The molecule has 2 aromatic heterocycles. The average molecular weight is 414 g/mol. The first-order valence-corrected chi connectivity index (χ1v) is 9.16. The summed E-state index contributed by atoms with van der Waals surface area (Å²) in [6.45, 7) is 3.51. The van der Waals surface area contributed by atoms with E-state index in [0.29, 0.717) is 11.1 Å². The Balaban J connectivity index is 1.82. The number of nitrogens with one attached hydrogen (secondary N) is 1. The van der Waals surface area contributed by atoms with Crippen molar-refractivity contribution in [2.24, 2.45) is 5.41 Å². The molecule has 1 aromatic carbocycles. The minimum absolute atomic E-state index is 0.0298. The Kier molecular flexibility index (Phi) is 4.58. The van der Waals surface area contributed by atoms with Crippen molar-refractivity contribution in [3.05, 3.63) is 65.0 Å². The molecule has 0 unspecified atom stereocenters. The molecule has 0 spiro atoms. The number of hydrogen-bond acceptors (Lipinski definition) is 6. The maximum atomic E-state index is 14.5. The van der Waals surface area contributed by atoms with Gasteiger partial charge in [-0.25, -0.2) is 19.3 Å². The van der Waals surface area contributed by atoms with Crippen LogP contribution in [0.4, 0.5) is 15.9 Å². The Labute approximate surface area is 171 Å². The van der Waals surface area contributed by atoms with Crippen LogP contribution in [0.15, 0.2) is 42.9 Å². The standard InChI is InChI=1S/C20H17ClFN5O2/c1-20(2,19(28)27-17-13(23)8-24-9-25-17)15-10-4-3-5-12(22)16(10)29-18-11(15)6-7-14(21)26-18/h3-9,15H,23H2,1-2H3,(H,24,25,27,28)/t15-/m0/s1. The number of amides is 1. The molecule has 1 amide bonds. The molecule has 0 radical (unpaired) electrons. The number of carbonyl (C=O) groups excluding carboxylic acids is 1. The highest BCUT2D eigenvalue weighted by atomic mass is 35.5. The lowest BCUT2D eigenvalue weighted by Crippen LogP contribution is -2.38. The lowest BCUT2D eigenvalue weighted by Gasteiger charge is -2.37. The van der Waals surface area contributed by atoms with Gasteiger partial charge in [-0.05, 0) is 18.2 Å². The SMILES string of the molecule is CC(C)(C(=O)Nc1ncncc1N)[C@@H]1c2ccc(Cl)nc2Oc2c(F)cccc21. The smallest absolute Gasteiger partial charge is 0.232 e. The fraction of sp³-hybridized carbons (Fsp3) is 0.200. The Morgan fingerprint density at radius 2 is 2.07 bits per heavy atom. The van der Waals surface area contributed by atoms with Crippen LogP contribution >= 0.6 is 11.6 Å². The van der Waals surface area contributed by atoms with Crippen LogP contribution in [0.1, 0.15) is 30.9 Å². The predicted octanol–water partition coefficient (Wildman–Crippen LogP) is 4.15. The first kappa shape index (κ1) is 19.1. The Morgan fingerprint density at radius 3 is 2.83 bits per heavy atom. The number of para-hydroxylation sites is 1. The molecule has 0 saturated carbocycles. The zero-order valence-corrected chi connectivity index (χ0v) is 16.4. The minimum Gasteiger partial charge on any atom is -0.435 e. The van der Waals surface area contributed by atoms with Gasteiger partial charge in [0.15, 0.2) is 17.4 Å². The molecule has 3 aromatic rings. The summed E-state index contributed by atoms with van der Waals surface area (Å²) in [4.78, 5) is 25.3. The number of carbonyl (C=O) groups is 1. The van der Waals surface area contributed by atoms with Crippen molar-refractivity contribution in [1.29, 1.82) is 0 Å². The number of rotatable bonds is 3. The number of pyridine rings is 1. The first-order valence-electron chi connectivity index (χ1n) is 8.78. The summed E-state index contributed by atoms with van der Waals surface area (Å²) >= 11 is 6.00. The number of anilines is 2. The van der Waals surface area contributed by atoms with Crippen molar-refractivity contribution < 1.29 is 13.9 Å². The molecular formula is C20H17ClFN5O2. The molecule has 7 nitrogen and oxygen atoms in total. The third kappa shape index (κ3) is 3.25. The molecule has 1 atom stereocenters. The maximum Gasteiger partial charge on any atom is 0.232 e. The highest BCUT2D eigenvalue weighted by Gasteiger charge is 2.45. The van der Waals surface area contributed by atoms with Crippen LogP contribution in [0.5, 0.6) is 11.6 Å². The van der Waals surface area contributed by atoms with Gasteiger partial charge in [0.25, 0.3) is 0 Å². The van der Waals surface area contributed by atoms with Gasteiger partial charge >= 0.3 is 0 Å². The second kappa shape index (κ2) is 6.97. The summed E-state index contributed by atoms with van der Waals surface area (Å²) in [5, 5.41) is 2.95. The van der Waals surface area contributed by atoms with E-state index in [1.807, 2.05) is 0 Å². The van der Waals surface area contributed by atoms with Crippen LogP contribution in [0, 0.1) is 11.2 Å². The van der Waals surface area contributed by atoms with Crippen LogP contribution in [-0.4, -0.2) is 20.9 Å². The highest BCUT2D eigenvalue weighted by molar-refractivity contribution is 6.29. The van der Waals surface area contributed by atoms with Crippen LogP contribution < -0.4 is 15.8 Å². The maximum absolute atomic E-state index is 14.5. The molecule has 148 valence electrons. The zero-order valence-electron chi connectivity index (χ0n) is 15.6. The van der Waals surface area contributed by atoms with Gasteiger partial charge in [-0.2, -0.15) is 0 Å². The number of nitrogens with two attached hydrogens (primary N) is 1. The number of benzene rings is 1. The molecule has 1 aliphatic heterocycles. The second-order valence-electron chi connectivity index (χ2n) is 7.22. The predicted molar refractivity (Wildman–Crippen MR) is 106 cm³/mol. The largest absolute Gasteiger partial charge is 0.435 e. The molecule has 0 fully saturated rings. The van der Waals surface area contributed by atoms with E-state index >= 15 is 0 Å². The molecule has 3 N–H and O–H groups in total. The van der Waals surface area contributed by atoms with Crippen LogP contribution in [-0.2, 0) is 4.79 Å². The summed E-state index contributed by atoms with van der Waals surface area (Å²) in [5.74, 6) is -1.05. The fourth-order valence-electron chi connectivity index (χ4n) is 3.48. The van der Waals surface area contributed by atoms with Gasteiger partial charge in [-0.3, -0.25) is 4.79 Å². The van der Waals surface area contributed by atoms with Gasteiger partial charge in [0.1, 0.15) is 11.5 Å². The number of nitrogen functional groups attached to an aromatic ring is 1. The van der Waals surface area contributed by atoms with Crippen molar-refractivity contribution in [1.82, 2.24) is 15.0 Å². The number of aromatic nitrogens is 3. The highest BCUT2D eigenvalue weighted by Crippen LogP contribution is 2.52. The number of fused-ring (bicyclic) bond motifs is 2. The van der Waals surface area contributed by atoms with E-state index in [0.717, 1.165) is 0 Å². The third-order valence-corrected chi connectivity index (χ3v) is 5.16. The Hall–Kier alpha value is -3.26. The molecule has 0 aliphatic carbocycles. The molecule has 0 saturated heterocycles. The van der Waals surface area contributed by atoms with Gasteiger partial charge < -0.3 is 15.8 Å². The van der Waals surface area contributed by atoms with E-state index < -0.39 is 17.2 Å². The zero-order chi connectivity index (χ0) is 20.8. The Morgan fingerprint density at radius 1 is 1.28 bits per heavy atom. The molecule has 1 aliphatic rings. The molecule has 0 bridgehead atoms. The van der Waals surface area contributed by atoms with E-state index in [-0.39, 0.29) is 34.2 Å². The third-order valence-electron chi connectivity index (χ3n) is 4.95. The fourth-order valence-corrected chi connectivity index (χ4v) is 3.62. The van der Waals surface area contributed by atoms with E-state index in [2.05, 4.69) is 20.3 Å². The Bertz CT molecular complexity index is 1120. The molecular weight excluding hydrogens is 397 g/mol. The van der Waals surface area contributed by atoms with Crippen LogP contribution in [0.25, 0.3) is 0 Å². The lowest BCUT2D eigenvalue weighted by molar-refractivity contribution is -0.124. The molecule has 4 rings (SSSR count). The summed E-state index contributed by atoms with van der Waals surface area (Å²) < 4.78 is 20.2. The monoisotopic (exact) mass is 413 g/mol. The number of halogens is 2. The van der Waals surface area contributed by atoms with Crippen molar-refractivity contribution in [2.45, 2.75) is 19.8 Å². The summed E-state index contributed by atoms with van der Waals surface area (Å²) in [6, 6.07) is 7.94. The van der Waals surface area contributed by atoms with Crippen molar-refractivity contribution >= 4 is 29.0 Å². The quantitative estimate of drug-likeness (QED) is 0.625. The summed E-state index contributed by atoms with van der Waals surface area (Å²) in [6.07, 6.45) is 2.69. The van der Waals surface area contributed by atoms with Crippen molar-refractivity contribution in [3.63, 3.8) is 0 Å². The summed E-state index contributed by atoms with van der Waals surface area (Å²) in [5.41, 5.74) is 6.21. The normalized spacial score (nSPS) is 15.1. The lowest BCUT2D eigenvalue weighted by atomic mass is 9.69. The topological polar surface area (TPSA) is 103 Å².